The summed E-state index contributed by atoms with van der Waals surface area (Å²) in [5.41, 5.74) is 2.99. The maximum atomic E-state index is 13.0. The summed E-state index contributed by atoms with van der Waals surface area (Å²) in [6.45, 7) is 3.99. The second kappa shape index (κ2) is 10.5. The molecule has 0 bridgehead atoms. The Bertz CT molecular complexity index is 802. The lowest BCUT2D eigenvalue weighted by atomic mass is 10.0. The zero-order valence-corrected chi connectivity index (χ0v) is 18.0. The predicted molar refractivity (Wildman–Crippen MR) is 115 cm³/mol. The summed E-state index contributed by atoms with van der Waals surface area (Å²) in [4.78, 5) is 26.7. The maximum absolute atomic E-state index is 13.0. The Kier molecular flexibility index (Phi) is 8.34. The smallest absolute Gasteiger partial charge is 0.242 e. The van der Waals surface area contributed by atoms with E-state index in [1.54, 1.807) is 32.2 Å². The van der Waals surface area contributed by atoms with Gasteiger partial charge >= 0.3 is 0 Å². The molecule has 1 atom stereocenters. The number of nitrogens with one attached hydrogen (secondary N) is 1. The van der Waals surface area contributed by atoms with Crippen LogP contribution in [-0.2, 0) is 29.0 Å². The van der Waals surface area contributed by atoms with E-state index in [9.17, 15) is 9.59 Å². The van der Waals surface area contributed by atoms with E-state index in [0.29, 0.717) is 28.5 Å². The highest BCUT2D eigenvalue weighted by molar-refractivity contribution is 6.36. The molecule has 0 aliphatic rings. The van der Waals surface area contributed by atoms with Crippen LogP contribution in [0.5, 0.6) is 0 Å². The average molecular weight is 421 g/mol. The lowest BCUT2D eigenvalue weighted by molar-refractivity contribution is -0.140. The topological polar surface area (TPSA) is 49.4 Å². The fraction of sp³-hybridized carbons (Fsp3) is 0.364. The van der Waals surface area contributed by atoms with Crippen molar-refractivity contribution in [3.8, 4) is 0 Å². The van der Waals surface area contributed by atoms with E-state index in [2.05, 4.69) is 24.4 Å². The highest BCUT2D eigenvalue weighted by Crippen LogP contribution is 2.27. The normalized spacial score (nSPS) is 11.8. The number of rotatable bonds is 8. The van der Waals surface area contributed by atoms with Gasteiger partial charge in [0.15, 0.2) is 0 Å². The quantitative estimate of drug-likeness (QED) is 0.675. The summed E-state index contributed by atoms with van der Waals surface area (Å²) in [5, 5.41) is 3.56. The molecule has 2 aromatic rings. The van der Waals surface area contributed by atoms with E-state index in [4.69, 9.17) is 23.2 Å². The first-order chi connectivity index (χ1) is 13.4. The number of amides is 2. The van der Waals surface area contributed by atoms with E-state index in [1.807, 2.05) is 12.1 Å². The van der Waals surface area contributed by atoms with E-state index in [0.717, 1.165) is 12.0 Å². The minimum absolute atomic E-state index is 0.119. The van der Waals surface area contributed by atoms with Crippen molar-refractivity contribution in [2.75, 3.05) is 7.05 Å². The Hall–Kier alpha value is -2.04. The van der Waals surface area contributed by atoms with Crippen LogP contribution in [0.1, 0.15) is 37.0 Å². The van der Waals surface area contributed by atoms with Gasteiger partial charge in [-0.25, -0.2) is 0 Å². The molecule has 0 aliphatic heterocycles. The van der Waals surface area contributed by atoms with Crippen LogP contribution in [0.25, 0.3) is 0 Å². The molecule has 28 heavy (non-hydrogen) atoms. The van der Waals surface area contributed by atoms with Crippen molar-refractivity contribution in [2.45, 2.75) is 45.7 Å². The van der Waals surface area contributed by atoms with E-state index < -0.39 is 6.04 Å². The van der Waals surface area contributed by atoms with Crippen LogP contribution in [0.4, 0.5) is 0 Å². The van der Waals surface area contributed by atoms with Gasteiger partial charge in [-0.3, -0.25) is 9.59 Å². The second-order valence-electron chi connectivity index (χ2n) is 6.68. The van der Waals surface area contributed by atoms with Crippen LogP contribution in [0.2, 0.25) is 10.0 Å². The molecule has 2 rings (SSSR count). The Labute approximate surface area is 176 Å². The molecular formula is C22H26Cl2N2O2. The second-order valence-corrected chi connectivity index (χ2v) is 7.50. The third-order valence-electron chi connectivity index (χ3n) is 4.86. The van der Waals surface area contributed by atoms with Crippen molar-refractivity contribution in [2.24, 2.45) is 0 Å². The van der Waals surface area contributed by atoms with Crippen LogP contribution in [0, 0.1) is 0 Å². The van der Waals surface area contributed by atoms with Crippen molar-refractivity contribution < 1.29 is 9.59 Å². The number of hydrogen-bond donors (Lipinski definition) is 1. The van der Waals surface area contributed by atoms with Gasteiger partial charge in [0.25, 0.3) is 0 Å². The lowest BCUT2D eigenvalue weighted by Gasteiger charge is -2.29. The van der Waals surface area contributed by atoms with Crippen LogP contribution < -0.4 is 5.32 Å². The van der Waals surface area contributed by atoms with Gasteiger partial charge in [-0.2, -0.15) is 0 Å². The molecule has 2 amide bonds. The van der Waals surface area contributed by atoms with Crippen molar-refractivity contribution in [3.05, 3.63) is 69.2 Å². The van der Waals surface area contributed by atoms with Gasteiger partial charge in [0.1, 0.15) is 6.04 Å². The van der Waals surface area contributed by atoms with Crippen LogP contribution in [0.3, 0.4) is 0 Å². The van der Waals surface area contributed by atoms with Crippen LogP contribution in [-0.4, -0.2) is 29.8 Å². The molecular weight excluding hydrogens is 395 g/mol. The Morgan fingerprint density at radius 2 is 1.61 bits per heavy atom. The van der Waals surface area contributed by atoms with Gasteiger partial charge in [0, 0.05) is 35.6 Å². The van der Waals surface area contributed by atoms with Crippen LogP contribution >= 0.6 is 23.2 Å². The van der Waals surface area contributed by atoms with Gasteiger partial charge in [0.05, 0.1) is 0 Å². The largest absolute Gasteiger partial charge is 0.357 e. The number of aryl methyl sites for hydroxylation is 2. The zero-order chi connectivity index (χ0) is 20.7. The molecule has 150 valence electrons. The summed E-state index contributed by atoms with van der Waals surface area (Å²) in [5.74, 6) is -0.351. The predicted octanol–water partition coefficient (Wildman–Crippen LogP) is 4.65. The minimum Gasteiger partial charge on any atom is -0.357 e. The molecule has 6 heteroatoms. The zero-order valence-electron chi connectivity index (χ0n) is 16.5. The third kappa shape index (κ3) is 5.73. The summed E-state index contributed by atoms with van der Waals surface area (Å²) in [7, 11) is 1.55. The van der Waals surface area contributed by atoms with E-state index in [-0.39, 0.29) is 18.4 Å². The molecule has 4 nitrogen and oxygen atoms in total. The van der Waals surface area contributed by atoms with Gasteiger partial charge < -0.3 is 10.2 Å². The van der Waals surface area contributed by atoms with Gasteiger partial charge in [-0.05, 0) is 43.0 Å². The fourth-order valence-corrected chi connectivity index (χ4v) is 3.50. The number of carbonyl (C=O) groups excluding carboxylic acids is 2. The summed E-state index contributed by atoms with van der Waals surface area (Å²) in [6.07, 6.45) is 1.89. The first kappa shape index (κ1) is 22.3. The standard InChI is InChI=1S/C22H26Cl2N2O2/c1-4-16-8-10-17(11-9-16)12-13-21(27)26(15(2)22(28)25-3)14-18-19(23)6-5-7-20(18)24/h5-11,15H,4,12-14H2,1-3H3,(H,25,28). The molecule has 1 unspecified atom stereocenters. The van der Waals surface area contributed by atoms with Crippen molar-refractivity contribution >= 4 is 35.0 Å². The molecule has 2 aromatic carbocycles. The molecule has 0 radical (unpaired) electrons. The molecule has 0 fully saturated rings. The molecule has 0 saturated carbocycles. The highest BCUT2D eigenvalue weighted by atomic mass is 35.5. The number of likely N-dealkylation sites (N-methyl/N-ethyl adjacent to an activating group) is 1. The first-order valence-corrected chi connectivity index (χ1v) is 10.1. The van der Waals surface area contributed by atoms with Crippen molar-refractivity contribution in [3.63, 3.8) is 0 Å². The summed E-state index contributed by atoms with van der Waals surface area (Å²) < 4.78 is 0. The number of nitrogens with zero attached hydrogens (tertiary/aromatic N) is 1. The van der Waals surface area contributed by atoms with Gasteiger partial charge in [0.2, 0.25) is 11.8 Å². The molecule has 0 heterocycles. The minimum atomic E-state index is -0.632. The number of hydrogen-bond acceptors (Lipinski definition) is 2. The van der Waals surface area contributed by atoms with Crippen molar-refractivity contribution in [1.29, 1.82) is 0 Å². The first-order valence-electron chi connectivity index (χ1n) is 9.39. The summed E-state index contributed by atoms with van der Waals surface area (Å²) in [6, 6.07) is 12.8. The highest BCUT2D eigenvalue weighted by Gasteiger charge is 2.26. The number of halogens is 2. The van der Waals surface area contributed by atoms with E-state index in [1.165, 1.54) is 10.5 Å². The van der Waals surface area contributed by atoms with Gasteiger partial charge in [-0.1, -0.05) is 60.5 Å². The van der Waals surface area contributed by atoms with E-state index >= 15 is 0 Å². The van der Waals surface area contributed by atoms with Gasteiger partial charge in [-0.15, -0.1) is 0 Å². The summed E-state index contributed by atoms with van der Waals surface area (Å²) >= 11 is 12.5. The molecule has 0 aliphatic carbocycles. The molecule has 0 spiro atoms. The number of benzene rings is 2. The Morgan fingerprint density at radius 1 is 1.04 bits per heavy atom. The van der Waals surface area contributed by atoms with Crippen molar-refractivity contribution in [1.82, 2.24) is 10.2 Å². The number of carbonyl (C=O) groups is 2. The lowest BCUT2D eigenvalue weighted by Crippen LogP contribution is -2.46. The average Bonchev–Trinajstić information content (AvgIpc) is 2.71. The molecule has 1 N–H and O–H groups in total. The third-order valence-corrected chi connectivity index (χ3v) is 5.57. The fourth-order valence-electron chi connectivity index (χ4n) is 2.98. The Morgan fingerprint density at radius 3 is 2.14 bits per heavy atom. The molecule has 0 aromatic heterocycles. The Balaban J connectivity index is 2.17. The molecule has 0 saturated heterocycles. The monoisotopic (exact) mass is 420 g/mol. The van der Waals surface area contributed by atoms with Crippen LogP contribution in [0.15, 0.2) is 42.5 Å². The maximum Gasteiger partial charge on any atom is 0.242 e. The SMILES string of the molecule is CCc1ccc(CCC(=O)N(Cc2c(Cl)cccc2Cl)C(C)C(=O)NC)cc1.